The van der Waals surface area contributed by atoms with E-state index in [4.69, 9.17) is 4.74 Å². The van der Waals surface area contributed by atoms with Crippen LogP contribution in [0.2, 0.25) is 0 Å². The molecular formula is C17H29NO. The number of unbranched alkanes of at least 4 members (excludes halogenated alkanes) is 2. The second-order valence-electron chi connectivity index (χ2n) is 5.27. The highest BCUT2D eigenvalue weighted by Gasteiger charge is 2.02. The Balaban J connectivity index is 2.31. The molecule has 0 bridgehead atoms. The summed E-state index contributed by atoms with van der Waals surface area (Å²) < 4.78 is 5.65. The first-order valence-electron chi connectivity index (χ1n) is 7.71. The quantitative estimate of drug-likeness (QED) is 0.626. The summed E-state index contributed by atoms with van der Waals surface area (Å²) >= 11 is 0. The van der Waals surface area contributed by atoms with E-state index in [9.17, 15) is 0 Å². The van der Waals surface area contributed by atoms with Gasteiger partial charge in [0.25, 0.3) is 0 Å². The molecule has 1 atom stereocenters. The van der Waals surface area contributed by atoms with Gasteiger partial charge in [0.05, 0.1) is 6.61 Å². The van der Waals surface area contributed by atoms with Gasteiger partial charge in [-0.2, -0.15) is 0 Å². The van der Waals surface area contributed by atoms with Crippen molar-refractivity contribution >= 4 is 0 Å². The van der Waals surface area contributed by atoms with Crippen LogP contribution in [0.1, 0.15) is 58.4 Å². The molecule has 0 spiro atoms. The third kappa shape index (κ3) is 7.22. The van der Waals surface area contributed by atoms with Gasteiger partial charge < -0.3 is 10.1 Å². The van der Waals surface area contributed by atoms with E-state index in [2.05, 4.69) is 44.3 Å². The van der Waals surface area contributed by atoms with Gasteiger partial charge >= 0.3 is 0 Å². The van der Waals surface area contributed by atoms with Crippen molar-refractivity contribution in [1.29, 1.82) is 0 Å². The average molecular weight is 263 g/mol. The van der Waals surface area contributed by atoms with E-state index >= 15 is 0 Å². The van der Waals surface area contributed by atoms with Crippen molar-refractivity contribution in [2.24, 2.45) is 0 Å². The van der Waals surface area contributed by atoms with E-state index < -0.39 is 0 Å². The molecule has 0 heterocycles. The van der Waals surface area contributed by atoms with Crippen LogP contribution in [0.25, 0.3) is 0 Å². The lowest BCUT2D eigenvalue weighted by Gasteiger charge is -2.14. The van der Waals surface area contributed by atoms with E-state index in [0.717, 1.165) is 25.3 Å². The molecule has 1 rings (SSSR count). The van der Waals surface area contributed by atoms with E-state index in [1.807, 2.05) is 6.07 Å². The molecule has 0 amide bonds. The number of hydrogen-bond donors (Lipinski definition) is 1. The Morgan fingerprint density at radius 2 is 2.00 bits per heavy atom. The molecule has 0 fully saturated rings. The number of ether oxygens (including phenoxy) is 1. The van der Waals surface area contributed by atoms with Crippen LogP contribution in [-0.2, 0) is 6.54 Å². The third-order valence-corrected chi connectivity index (χ3v) is 3.27. The minimum atomic E-state index is 0.590. The van der Waals surface area contributed by atoms with Crippen LogP contribution in [0, 0.1) is 0 Å². The maximum absolute atomic E-state index is 5.65. The Bertz CT molecular complexity index is 338. The van der Waals surface area contributed by atoms with Gasteiger partial charge in [0.2, 0.25) is 0 Å². The minimum absolute atomic E-state index is 0.590. The van der Waals surface area contributed by atoms with Crippen molar-refractivity contribution in [3.8, 4) is 5.75 Å². The van der Waals surface area contributed by atoms with Crippen molar-refractivity contribution in [1.82, 2.24) is 5.32 Å². The van der Waals surface area contributed by atoms with Crippen LogP contribution < -0.4 is 10.1 Å². The lowest BCUT2D eigenvalue weighted by molar-refractivity contribution is 0.317. The fourth-order valence-electron chi connectivity index (χ4n) is 2.06. The number of nitrogens with one attached hydrogen (secondary N) is 1. The molecule has 108 valence electrons. The molecule has 2 nitrogen and oxygen atoms in total. The van der Waals surface area contributed by atoms with Crippen molar-refractivity contribution in [2.45, 2.75) is 65.5 Å². The first-order valence-corrected chi connectivity index (χ1v) is 7.71. The Labute approximate surface area is 118 Å². The van der Waals surface area contributed by atoms with Crippen LogP contribution in [0.15, 0.2) is 24.3 Å². The third-order valence-electron chi connectivity index (χ3n) is 3.27. The lowest BCUT2D eigenvalue weighted by atomic mass is 10.1. The molecule has 19 heavy (non-hydrogen) atoms. The van der Waals surface area contributed by atoms with E-state index in [1.54, 1.807) is 0 Å². The molecule has 1 unspecified atom stereocenters. The SMILES string of the molecule is CCCCCC(C)NCc1cccc(OCCC)c1. The molecule has 0 aliphatic heterocycles. The molecule has 0 radical (unpaired) electrons. The van der Waals surface area contributed by atoms with E-state index in [0.29, 0.717) is 6.04 Å². The van der Waals surface area contributed by atoms with Crippen LogP contribution in [0.4, 0.5) is 0 Å². The second kappa shape index (κ2) is 9.85. The zero-order valence-corrected chi connectivity index (χ0v) is 12.7. The van der Waals surface area contributed by atoms with Crippen molar-refractivity contribution < 1.29 is 4.74 Å². The predicted octanol–water partition coefficient (Wildman–Crippen LogP) is 4.53. The van der Waals surface area contributed by atoms with Gasteiger partial charge in [0.15, 0.2) is 0 Å². The second-order valence-corrected chi connectivity index (χ2v) is 5.27. The van der Waals surface area contributed by atoms with Gasteiger partial charge in [-0.1, -0.05) is 45.2 Å². The molecule has 0 saturated carbocycles. The fraction of sp³-hybridized carbons (Fsp3) is 0.647. The standard InChI is InChI=1S/C17H29NO/c1-4-6-7-9-15(3)18-14-16-10-8-11-17(13-16)19-12-5-2/h8,10-11,13,15,18H,4-7,9,12,14H2,1-3H3. The van der Waals surface area contributed by atoms with E-state index in [-0.39, 0.29) is 0 Å². The average Bonchev–Trinajstić information content (AvgIpc) is 2.44. The van der Waals surface area contributed by atoms with Crippen LogP contribution in [-0.4, -0.2) is 12.6 Å². The topological polar surface area (TPSA) is 21.3 Å². The number of rotatable bonds is 10. The smallest absolute Gasteiger partial charge is 0.119 e. The molecule has 1 N–H and O–H groups in total. The van der Waals surface area contributed by atoms with Crippen molar-refractivity contribution in [3.63, 3.8) is 0 Å². The maximum atomic E-state index is 5.65. The molecule has 0 aliphatic rings. The van der Waals surface area contributed by atoms with Crippen molar-refractivity contribution in [3.05, 3.63) is 29.8 Å². The monoisotopic (exact) mass is 263 g/mol. The highest BCUT2D eigenvalue weighted by molar-refractivity contribution is 5.28. The van der Waals surface area contributed by atoms with Gasteiger partial charge in [-0.3, -0.25) is 0 Å². The van der Waals surface area contributed by atoms with Gasteiger partial charge in [0, 0.05) is 12.6 Å². The zero-order chi connectivity index (χ0) is 13.9. The Kier molecular flexibility index (Phi) is 8.31. The molecule has 1 aromatic carbocycles. The number of benzene rings is 1. The Hall–Kier alpha value is -1.02. The summed E-state index contributed by atoms with van der Waals surface area (Å²) in [5.41, 5.74) is 1.30. The Morgan fingerprint density at radius 3 is 2.74 bits per heavy atom. The highest BCUT2D eigenvalue weighted by atomic mass is 16.5. The predicted molar refractivity (Wildman–Crippen MR) is 82.7 cm³/mol. The molecule has 0 aliphatic carbocycles. The van der Waals surface area contributed by atoms with Gasteiger partial charge in [-0.15, -0.1) is 0 Å². The van der Waals surface area contributed by atoms with Crippen LogP contribution >= 0.6 is 0 Å². The summed E-state index contributed by atoms with van der Waals surface area (Å²) in [6.07, 6.45) is 6.27. The van der Waals surface area contributed by atoms with Gasteiger partial charge in [0.1, 0.15) is 5.75 Å². The molecule has 0 aromatic heterocycles. The summed E-state index contributed by atoms with van der Waals surface area (Å²) in [4.78, 5) is 0. The highest BCUT2D eigenvalue weighted by Crippen LogP contribution is 2.14. The largest absolute Gasteiger partial charge is 0.494 e. The van der Waals surface area contributed by atoms with Crippen LogP contribution in [0.3, 0.4) is 0 Å². The van der Waals surface area contributed by atoms with Crippen LogP contribution in [0.5, 0.6) is 5.75 Å². The van der Waals surface area contributed by atoms with E-state index in [1.165, 1.54) is 31.2 Å². The lowest BCUT2D eigenvalue weighted by Crippen LogP contribution is -2.25. The minimum Gasteiger partial charge on any atom is -0.494 e. The molecule has 0 saturated heterocycles. The maximum Gasteiger partial charge on any atom is 0.119 e. The molecule has 2 heteroatoms. The summed E-state index contributed by atoms with van der Waals surface area (Å²) in [7, 11) is 0. The summed E-state index contributed by atoms with van der Waals surface area (Å²) in [5.74, 6) is 0.986. The summed E-state index contributed by atoms with van der Waals surface area (Å²) in [5, 5.41) is 3.59. The first-order chi connectivity index (χ1) is 9.26. The summed E-state index contributed by atoms with van der Waals surface area (Å²) in [6, 6.07) is 8.99. The van der Waals surface area contributed by atoms with Crippen molar-refractivity contribution in [2.75, 3.05) is 6.61 Å². The van der Waals surface area contributed by atoms with Gasteiger partial charge in [-0.05, 0) is 37.5 Å². The number of hydrogen-bond acceptors (Lipinski definition) is 2. The Morgan fingerprint density at radius 1 is 1.16 bits per heavy atom. The fourth-order valence-corrected chi connectivity index (χ4v) is 2.06. The zero-order valence-electron chi connectivity index (χ0n) is 12.7. The normalized spacial score (nSPS) is 12.4. The summed E-state index contributed by atoms with van der Waals surface area (Å²) in [6.45, 7) is 8.37. The first kappa shape index (κ1) is 16.0. The molecule has 1 aromatic rings. The van der Waals surface area contributed by atoms with Gasteiger partial charge in [-0.25, -0.2) is 0 Å². The molecular weight excluding hydrogens is 234 g/mol.